The van der Waals surface area contributed by atoms with Gasteiger partial charge in [0.25, 0.3) is 0 Å². The maximum Gasteiger partial charge on any atom is 0.320 e. The monoisotopic (exact) mass is 316 g/mol. The van der Waals surface area contributed by atoms with Crippen molar-refractivity contribution in [1.29, 1.82) is 0 Å². The molecule has 2 aromatic rings. The van der Waals surface area contributed by atoms with Crippen LogP contribution < -0.4 is 10.1 Å². The molecule has 3 rings (SSSR count). The molecular weight excluding hydrogens is 300 g/mol. The van der Waals surface area contributed by atoms with E-state index in [1.165, 1.54) is 11.1 Å². The molecule has 4 nitrogen and oxygen atoms in total. The van der Waals surface area contributed by atoms with E-state index in [0.29, 0.717) is 17.3 Å². The molecule has 0 atom stereocenters. The lowest BCUT2D eigenvalue weighted by Crippen LogP contribution is -2.43. The molecule has 2 aromatic carbocycles. The van der Waals surface area contributed by atoms with Crippen LogP contribution in [0.25, 0.3) is 0 Å². The predicted molar refractivity (Wildman–Crippen MR) is 86.0 cm³/mol. The van der Waals surface area contributed by atoms with Crippen molar-refractivity contribution >= 4 is 17.6 Å². The summed E-state index contributed by atoms with van der Waals surface area (Å²) in [5, 5.41) is 3.43. The van der Waals surface area contributed by atoms with Gasteiger partial charge in [-0.1, -0.05) is 35.9 Å². The molecule has 0 radical (unpaired) electrons. The van der Waals surface area contributed by atoms with Crippen LogP contribution >= 0.6 is 11.6 Å². The Hall–Kier alpha value is -2.20. The zero-order valence-electron chi connectivity index (χ0n) is 12.1. The molecule has 1 aliphatic rings. The van der Waals surface area contributed by atoms with Gasteiger partial charge in [-0.15, -0.1) is 0 Å². The highest BCUT2D eigenvalue weighted by molar-refractivity contribution is 6.30. The normalized spacial score (nSPS) is 13.4. The van der Waals surface area contributed by atoms with E-state index >= 15 is 0 Å². The second kappa shape index (κ2) is 6.71. The van der Waals surface area contributed by atoms with Crippen LogP contribution in [0.15, 0.2) is 48.5 Å². The van der Waals surface area contributed by atoms with Gasteiger partial charge in [-0.25, -0.2) is 4.79 Å². The smallest absolute Gasteiger partial charge is 0.320 e. The molecule has 2 amide bonds. The van der Waals surface area contributed by atoms with E-state index in [1.807, 2.05) is 12.1 Å². The average molecular weight is 317 g/mol. The molecule has 0 fully saturated rings. The molecule has 1 N–H and O–H groups in total. The summed E-state index contributed by atoms with van der Waals surface area (Å²) in [6.07, 6.45) is 0.891. The Bertz CT molecular complexity index is 658. The molecular formula is C17H17ClN2O2. The molecule has 114 valence electrons. The number of nitrogens with zero attached hydrogens (tertiary/aromatic N) is 1. The molecule has 5 heteroatoms. The van der Waals surface area contributed by atoms with Crippen LogP contribution in [0.5, 0.6) is 5.75 Å². The lowest BCUT2D eigenvalue weighted by Gasteiger charge is -2.28. The summed E-state index contributed by atoms with van der Waals surface area (Å²) >= 11 is 5.81. The molecule has 0 saturated heterocycles. The SMILES string of the molecule is O=C(NCOc1ccc(Cl)cc1)N1CCc2ccccc2C1. The summed E-state index contributed by atoms with van der Waals surface area (Å²) in [7, 11) is 0. The van der Waals surface area contributed by atoms with Crippen LogP contribution in [0.2, 0.25) is 5.02 Å². The van der Waals surface area contributed by atoms with Gasteiger partial charge in [0.1, 0.15) is 5.75 Å². The maximum atomic E-state index is 12.2. The largest absolute Gasteiger partial charge is 0.473 e. The third kappa shape index (κ3) is 3.52. The molecule has 0 saturated carbocycles. The van der Waals surface area contributed by atoms with Crippen LogP contribution in [0, 0.1) is 0 Å². The number of amides is 2. The van der Waals surface area contributed by atoms with Gasteiger partial charge in [0.2, 0.25) is 0 Å². The van der Waals surface area contributed by atoms with Gasteiger partial charge >= 0.3 is 6.03 Å². The Morgan fingerprint density at radius 2 is 1.86 bits per heavy atom. The molecule has 0 bridgehead atoms. The van der Waals surface area contributed by atoms with Crippen LogP contribution in [-0.2, 0) is 13.0 Å². The molecule has 1 aliphatic heterocycles. The van der Waals surface area contributed by atoms with Crippen LogP contribution in [0.1, 0.15) is 11.1 Å². The minimum atomic E-state index is -0.108. The van der Waals surface area contributed by atoms with Gasteiger partial charge in [0.05, 0.1) is 0 Å². The number of urea groups is 1. The van der Waals surface area contributed by atoms with E-state index in [1.54, 1.807) is 29.2 Å². The van der Waals surface area contributed by atoms with E-state index in [-0.39, 0.29) is 12.8 Å². The number of benzene rings is 2. The first-order chi connectivity index (χ1) is 10.7. The van der Waals surface area contributed by atoms with Crippen LogP contribution in [0.3, 0.4) is 0 Å². The summed E-state index contributed by atoms with van der Waals surface area (Å²) in [4.78, 5) is 14.0. The van der Waals surface area contributed by atoms with Gasteiger partial charge in [0.15, 0.2) is 6.73 Å². The van der Waals surface area contributed by atoms with Gasteiger partial charge < -0.3 is 15.0 Å². The fraction of sp³-hybridized carbons (Fsp3) is 0.235. The second-order valence-corrected chi connectivity index (χ2v) is 5.60. The molecule has 0 aliphatic carbocycles. The number of carbonyl (C=O) groups is 1. The van der Waals surface area contributed by atoms with Crippen molar-refractivity contribution in [2.75, 3.05) is 13.3 Å². The highest BCUT2D eigenvalue weighted by Gasteiger charge is 2.19. The molecule has 22 heavy (non-hydrogen) atoms. The summed E-state index contributed by atoms with van der Waals surface area (Å²) in [5.41, 5.74) is 2.53. The standard InChI is InChI=1S/C17H17ClN2O2/c18-15-5-7-16(8-6-15)22-12-19-17(21)20-10-9-13-3-1-2-4-14(13)11-20/h1-8H,9-12H2,(H,19,21). The Morgan fingerprint density at radius 1 is 1.14 bits per heavy atom. The zero-order chi connectivity index (χ0) is 15.4. The zero-order valence-corrected chi connectivity index (χ0v) is 12.8. The van der Waals surface area contributed by atoms with Crippen LogP contribution in [-0.4, -0.2) is 24.2 Å². The number of ether oxygens (including phenoxy) is 1. The first-order valence-electron chi connectivity index (χ1n) is 7.20. The highest BCUT2D eigenvalue weighted by atomic mass is 35.5. The third-order valence-corrected chi connectivity index (χ3v) is 3.95. The number of rotatable bonds is 3. The molecule has 0 aromatic heterocycles. The van der Waals surface area contributed by atoms with Crippen molar-refractivity contribution in [2.24, 2.45) is 0 Å². The number of hydrogen-bond donors (Lipinski definition) is 1. The number of carbonyl (C=O) groups excluding carboxylic acids is 1. The summed E-state index contributed by atoms with van der Waals surface area (Å²) in [6.45, 7) is 1.51. The minimum Gasteiger partial charge on any atom is -0.473 e. The summed E-state index contributed by atoms with van der Waals surface area (Å²) < 4.78 is 5.47. The fourth-order valence-corrected chi connectivity index (χ4v) is 2.62. The highest BCUT2D eigenvalue weighted by Crippen LogP contribution is 2.18. The number of nitrogens with one attached hydrogen (secondary N) is 1. The first kappa shape index (κ1) is 14.7. The van der Waals surface area contributed by atoms with Crippen molar-refractivity contribution in [3.8, 4) is 5.75 Å². The Labute approximate surface area is 134 Å². The number of hydrogen-bond acceptors (Lipinski definition) is 2. The van der Waals surface area contributed by atoms with Gasteiger partial charge in [0, 0.05) is 18.1 Å². The van der Waals surface area contributed by atoms with Gasteiger partial charge in [-0.05, 0) is 41.8 Å². The van der Waals surface area contributed by atoms with E-state index in [9.17, 15) is 4.79 Å². The molecule has 1 heterocycles. The Balaban J connectivity index is 1.50. The van der Waals surface area contributed by atoms with Crippen molar-refractivity contribution in [1.82, 2.24) is 10.2 Å². The van der Waals surface area contributed by atoms with Crippen molar-refractivity contribution in [3.05, 3.63) is 64.7 Å². The summed E-state index contributed by atoms with van der Waals surface area (Å²) in [5.74, 6) is 0.675. The lowest BCUT2D eigenvalue weighted by molar-refractivity contribution is 0.179. The van der Waals surface area contributed by atoms with E-state index in [4.69, 9.17) is 16.3 Å². The number of halogens is 1. The number of fused-ring (bicyclic) bond motifs is 1. The van der Waals surface area contributed by atoms with Gasteiger partial charge in [-0.2, -0.15) is 0 Å². The maximum absolute atomic E-state index is 12.2. The van der Waals surface area contributed by atoms with Crippen molar-refractivity contribution in [3.63, 3.8) is 0 Å². The van der Waals surface area contributed by atoms with Crippen molar-refractivity contribution < 1.29 is 9.53 Å². The minimum absolute atomic E-state index is 0.108. The van der Waals surface area contributed by atoms with E-state index in [2.05, 4.69) is 17.4 Å². The Kier molecular flexibility index (Phi) is 4.49. The Morgan fingerprint density at radius 3 is 2.64 bits per heavy atom. The molecule has 0 unspecified atom stereocenters. The quantitative estimate of drug-likeness (QED) is 0.881. The predicted octanol–water partition coefficient (Wildman–Crippen LogP) is 3.44. The second-order valence-electron chi connectivity index (χ2n) is 5.16. The molecule has 0 spiro atoms. The fourth-order valence-electron chi connectivity index (χ4n) is 2.49. The summed E-state index contributed by atoms with van der Waals surface area (Å²) in [6, 6.07) is 15.2. The van der Waals surface area contributed by atoms with Crippen molar-refractivity contribution in [2.45, 2.75) is 13.0 Å². The van der Waals surface area contributed by atoms with Crippen LogP contribution in [0.4, 0.5) is 4.79 Å². The lowest BCUT2D eigenvalue weighted by atomic mass is 10.0. The van der Waals surface area contributed by atoms with Gasteiger partial charge in [-0.3, -0.25) is 0 Å². The first-order valence-corrected chi connectivity index (χ1v) is 7.58. The van der Waals surface area contributed by atoms with E-state index < -0.39 is 0 Å². The van der Waals surface area contributed by atoms with E-state index in [0.717, 1.165) is 13.0 Å². The average Bonchev–Trinajstić information content (AvgIpc) is 2.56. The third-order valence-electron chi connectivity index (χ3n) is 3.69. The topological polar surface area (TPSA) is 41.6 Å².